The molecule has 1 N–H and O–H groups in total. The molecule has 0 unspecified atom stereocenters. The van der Waals surface area contributed by atoms with Crippen molar-refractivity contribution in [1.82, 2.24) is 9.62 Å². The van der Waals surface area contributed by atoms with Gasteiger partial charge in [-0.3, -0.25) is 4.79 Å². The van der Waals surface area contributed by atoms with E-state index in [0.717, 1.165) is 0 Å². The molecule has 1 aliphatic rings. The van der Waals surface area contributed by atoms with Crippen LogP contribution >= 0.6 is 34.5 Å². The highest BCUT2D eigenvalue weighted by molar-refractivity contribution is 7.89. The lowest BCUT2D eigenvalue weighted by molar-refractivity contribution is 0.0928. The number of carbonyl (C=O) groups is 1. The summed E-state index contributed by atoms with van der Waals surface area (Å²) in [7, 11) is -3.62. The van der Waals surface area contributed by atoms with E-state index in [1.807, 2.05) is 11.4 Å². The van der Waals surface area contributed by atoms with Gasteiger partial charge in [0.1, 0.15) is 0 Å². The molecule has 3 rings (SSSR count). The fraction of sp³-hybridized carbons (Fsp3) is 0.312. The third-order valence-corrected chi connectivity index (χ3v) is 7.57. The minimum Gasteiger partial charge on any atom is -0.349 e. The average molecular weight is 419 g/mol. The maximum absolute atomic E-state index is 12.7. The van der Waals surface area contributed by atoms with Gasteiger partial charge in [-0.05, 0) is 42.5 Å². The van der Waals surface area contributed by atoms with Crippen LogP contribution in [0.15, 0.2) is 40.6 Å². The molecule has 25 heavy (non-hydrogen) atoms. The molecule has 2 heterocycles. The number of rotatable bonds is 4. The van der Waals surface area contributed by atoms with Crippen LogP contribution in [0.5, 0.6) is 0 Å². The van der Waals surface area contributed by atoms with Gasteiger partial charge in [0, 0.05) is 19.1 Å². The predicted octanol–water partition coefficient (Wildman–Crippen LogP) is 3.64. The van der Waals surface area contributed by atoms with Gasteiger partial charge in [-0.15, -0.1) is 11.3 Å². The monoisotopic (exact) mass is 418 g/mol. The van der Waals surface area contributed by atoms with E-state index < -0.39 is 10.0 Å². The highest BCUT2D eigenvalue weighted by Crippen LogP contribution is 2.28. The first-order chi connectivity index (χ1) is 11.9. The Hall–Kier alpha value is -1.12. The number of sulfonamides is 1. The Kier molecular flexibility index (Phi) is 5.70. The summed E-state index contributed by atoms with van der Waals surface area (Å²) in [5.41, 5.74) is 0. The summed E-state index contributed by atoms with van der Waals surface area (Å²) in [5.74, 6) is -0.110. The van der Waals surface area contributed by atoms with Crippen molar-refractivity contribution in [1.29, 1.82) is 0 Å². The summed E-state index contributed by atoms with van der Waals surface area (Å²) < 4.78 is 26.8. The number of nitrogens with one attached hydrogen (secondary N) is 1. The van der Waals surface area contributed by atoms with Gasteiger partial charge in [-0.25, -0.2) is 8.42 Å². The number of hydrogen-bond donors (Lipinski definition) is 1. The summed E-state index contributed by atoms with van der Waals surface area (Å²) in [6, 6.07) is 7.86. The van der Waals surface area contributed by atoms with Gasteiger partial charge in [0.05, 0.1) is 19.8 Å². The number of piperidine rings is 1. The second-order valence-corrected chi connectivity index (χ2v) is 9.41. The minimum absolute atomic E-state index is 0.0325. The summed E-state index contributed by atoms with van der Waals surface area (Å²) in [6.07, 6.45) is 1.13. The van der Waals surface area contributed by atoms with Gasteiger partial charge in [0.2, 0.25) is 10.0 Å². The fourth-order valence-electron chi connectivity index (χ4n) is 2.69. The van der Waals surface area contributed by atoms with Crippen LogP contribution in [0.3, 0.4) is 0 Å². The predicted molar refractivity (Wildman–Crippen MR) is 100 cm³/mol. The molecule has 9 heteroatoms. The Morgan fingerprint density at radius 3 is 2.48 bits per heavy atom. The third kappa shape index (κ3) is 4.17. The van der Waals surface area contributed by atoms with Crippen molar-refractivity contribution in [3.8, 4) is 0 Å². The lowest BCUT2D eigenvalue weighted by atomic mass is 10.1. The standard InChI is InChI=1S/C16H16Cl2N2O3S2/c17-13-4-3-12(10-14(13)18)25(22,23)20-7-5-11(6-8-20)19-16(21)15-2-1-9-24-15/h1-4,9-11H,5-8H2,(H,19,21). The van der Waals surface area contributed by atoms with Crippen LogP contribution in [0.25, 0.3) is 0 Å². The Balaban J connectivity index is 1.63. The molecule has 0 atom stereocenters. The molecule has 1 aromatic heterocycles. The Morgan fingerprint density at radius 1 is 1.16 bits per heavy atom. The molecule has 1 aliphatic heterocycles. The number of halogens is 2. The van der Waals surface area contributed by atoms with Crippen LogP contribution in [-0.2, 0) is 10.0 Å². The minimum atomic E-state index is -3.62. The van der Waals surface area contributed by atoms with E-state index in [9.17, 15) is 13.2 Å². The largest absolute Gasteiger partial charge is 0.349 e. The highest BCUT2D eigenvalue weighted by Gasteiger charge is 2.30. The molecule has 1 amide bonds. The number of carbonyl (C=O) groups excluding carboxylic acids is 1. The molecular weight excluding hydrogens is 403 g/mol. The van der Waals surface area contributed by atoms with Gasteiger partial charge >= 0.3 is 0 Å². The summed E-state index contributed by atoms with van der Waals surface area (Å²) in [6.45, 7) is 0.690. The lowest BCUT2D eigenvalue weighted by Crippen LogP contribution is -2.46. The van der Waals surface area contributed by atoms with E-state index in [4.69, 9.17) is 23.2 Å². The second-order valence-electron chi connectivity index (χ2n) is 5.71. The Bertz CT molecular complexity index is 862. The van der Waals surface area contributed by atoms with Crippen LogP contribution in [-0.4, -0.2) is 37.8 Å². The molecule has 2 aromatic rings. The zero-order valence-electron chi connectivity index (χ0n) is 13.1. The molecule has 0 bridgehead atoms. The highest BCUT2D eigenvalue weighted by atomic mass is 35.5. The van der Waals surface area contributed by atoms with E-state index in [0.29, 0.717) is 35.8 Å². The molecule has 0 spiro atoms. The Labute approximate surface area is 160 Å². The molecule has 1 aromatic carbocycles. The lowest BCUT2D eigenvalue weighted by Gasteiger charge is -2.31. The SMILES string of the molecule is O=C(NC1CCN(S(=O)(=O)c2ccc(Cl)c(Cl)c2)CC1)c1cccs1. The van der Waals surface area contributed by atoms with Gasteiger partial charge in [0.15, 0.2) is 0 Å². The van der Waals surface area contributed by atoms with Crippen molar-refractivity contribution in [2.24, 2.45) is 0 Å². The maximum Gasteiger partial charge on any atom is 0.261 e. The van der Waals surface area contributed by atoms with Gasteiger partial charge < -0.3 is 5.32 Å². The second kappa shape index (κ2) is 7.63. The molecular formula is C16H16Cl2N2O3S2. The zero-order valence-corrected chi connectivity index (χ0v) is 16.3. The molecule has 5 nitrogen and oxygen atoms in total. The van der Waals surface area contributed by atoms with Crippen LogP contribution in [0.2, 0.25) is 10.0 Å². The van der Waals surface area contributed by atoms with Gasteiger partial charge in [-0.2, -0.15) is 4.31 Å². The van der Waals surface area contributed by atoms with E-state index in [1.54, 1.807) is 6.07 Å². The third-order valence-electron chi connectivity index (χ3n) is 4.06. The number of thiophene rings is 1. The first kappa shape index (κ1) is 18.7. The van der Waals surface area contributed by atoms with Crippen LogP contribution in [0.4, 0.5) is 0 Å². The summed E-state index contributed by atoms with van der Waals surface area (Å²) in [5, 5.41) is 5.33. The van der Waals surface area contributed by atoms with Gasteiger partial charge in [0.25, 0.3) is 5.91 Å². The van der Waals surface area contributed by atoms with Crippen LogP contribution in [0, 0.1) is 0 Å². The van der Waals surface area contributed by atoms with Gasteiger partial charge in [-0.1, -0.05) is 29.3 Å². The van der Waals surface area contributed by atoms with Crippen molar-refractivity contribution in [2.75, 3.05) is 13.1 Å². The smallest absolute Gasteiger partial charge is 0.261 e. The maximum atomic E-state index is 12.7. The van der Waals surface area contributed by atoms with E-state index in [-0.39, 0.29) is 21.9 Å². The van der Waals surface area contributed by atoms with E-state index in [1.165, 1.54) is 33.8 Å². The quantitative estimate of drug-likeness (QED) is 0.823. The summed E-state index contributed by atoms with van der Waals surface area (Å²) in [4.78, 5) is 12.9. The normalized spacial score (nSPS) is 16.7. The van der Waals surface area contributed by atoms with Crippen LogP contribution < -0.4 is 5.32 Å². The van der Waals surface area contributed by atoms with Crippen molar-refractivity contribution in [3.63, 3.8) is 0 Å². The van der Waals surface area contributed by atoms with Crippen molar-refractivity contribution >= 4 is 50.5 Å². The van der Waals surface area contributed by atoms with E-state index in [2.05, 4.69) is 5.32 Å². The topological polar surface area (TPSA) is 66.5 Å². The molecule has 1 fully saturated rings. The summed E-state index contributed by atoms with van der Waals surface area (Å²) >= 11 is 13.2. The number of amides is 1. The number of hydrogen-bond acceptors (Lipinski definition) is 4. The van der Waals surface area contributed by atoms with Crippen molar-refractivity contribution in [3.05, 3.63) is 50.6 Å². The Morgan fingerprint density at radius 2 is 1.88 bits per heavy atom. The molecule has 0 radical (unpaired) electrons. The average Bonchev–Trinajstić information content (AvgIpc) is 3.12. The molecule has 0 aliphatic carbocycles. The van der Waals surface area contributed by atoms with Crippen molar-refractivity contribution < 1.29 is 13.2 Å². The fourth-order valence-corrected chi connectivity index (χ4v) is 5.18. The first-order valence-corrected chi connectivity index (χ1v) is 10.7. The number of benzene rings is 1. The van der Waals surface area contributed by atoms with Crippen molar-refractivity contribution in [2.45, 2.75) is 23.8 Å². The molecule has 1 saturated heterocycles. The zero-order chi connectivity index (χ0) is 18.0. The molecule has 0 saturated carbocycles. The van der Waals surface area contributed by atoms with Crippen LogP contribution in [0.1, 0.15) is 22.5 Å². The van der Waals surface area contributed by atoms with E-state index >= 15 is 0 Å². The molecule has 134 valence electrons. The number of nitrogens with zero attached hydrogens (tertiary/aromatic N) is 1. The first-order valence-electron chi connectivity index (χ1n) is 7.67.